The van der Waals surface area contributed by atoms with Crippen molar-refractivity contribution in [2.24, 2.45) is 12.8 Å². The van der Waals surface area contributed by atoms with Crippen molar-refractivity contribution in [3.05, 3.63) is 17.5 Å². The molecule has 0 saturated carbocycles. The molecule has 4 nitrogen and oxygen atoms in total. The zero-order valence-corrected chi connectivity index (χ0v) is 13.3. The molecular weight excluding hydrogens is 256 g/mol. The van der Waals surface area contributed by atoms with Gasteiger partial charge in [0, 0.05) is 48.9 Å². The fourth-order valence-electron chi connectivity index (χ4n) is 2.90. The molecule has 1 aromatic rings. The first-order chi connectivity index (χ1) is 8.96. The van der Waals surface area contributed by atoms with Crippen LogP contribution in [0.5, 0.6) is 0 Å². The predicted molar refractivity (Wildman–Crippen MR) is 82.5 cm³/mol. The standard InChI is InChI=1S/C14H26N4S/c1-5-12-11(9-17(4)16-12)13(8-15)18-6-7-19-14(2,3)10-18/h9,13H,5-8,10,15H2,1-4H3. The van der Waals surface area contributed by atoms with Gasteiger partial charge >= 0.3 is 0 Å². The van der Waals surface area contributed by atoms with Gasteiger partial charge in [0.1, 0.15) is 0 Å². The second-order valence-electron chi connectivity index (χ2n) is 5.89. The average Bonchev–Trinajstić information content (AvgIpc) is 2.70. The van der Waals surface area contributed by atoms with E-state index in [0.717, 1.165) is 19.5 Å². The number of rotatable bonds is 4. The van der Waals surface area contributed by atoms with Crippen molar-refractivity contribution < 1.29 is 0 Å². The Morgan fingerprint density at radius 2 is 2.26 bits per heavy atom. The van der Waals surface area contributed by atoms with Crippen LogP contribution in [0, 0.1) is 0 Å². The topological polar surface area (TPSA) is 47.1 Å². The van der Waals surface area contributed by atoms with E-state index in [2.05, 4.69) is 48.7 Å². The van der Waals surface area contributed by atoms with Gasteiger partial charge in [-0.3, -0.25) is 9.58 Å². The molecule has 1 unspecified atom stereocenters. The molecule has 5 heteroatoms. The summed E-state index contributed by atoms with van der Waals surface area (Å²) in [6.45, 7) is 9.68. The van der Waals surface area contributed by atoms with Crippen LogP contribution in [0.2, 0.25) is 0 Å². The molecule has 1 aromatic heterocycles. The van der Waals surface area contributed by atoms with Crippen molar-refractivity contribution in [3.63, 3.8) is 0 Å². The van der Waals surface area contributed by atoms with Gasteiger partial charge in [0.05, 0.1) is 11.7 Å². The van der Waals surface area contributed by atoms with E-state index in [1.807, 2.05) is 11.7 Å². The van der Waals surface area contributed by atoms with Gasteiger partial charge in [-0.05, 0) is 20.3 Å². The average molecular weight is 282 g/mol. The van der Waals surface area contributed by atoms with Crippen LogP contribution in [0.1, 0.15) is 38.1 Å². The first-order valence-corrected chi connectivity index (χ1v) is 8.06. The summed E-state index contributed by atoms with van der Waals surface area (Å²) < 4.78 is 2.24. The summed E-state index contributed by atoms with van der Waals surface area (Å²) in [5.41, 5.74) is 8.58. The molecule has 1 saturated heterocycles. The van der Waals surface area contributed by atoms with Crippen LogP contribution >= 0.6 is 11.8 Å². The van der Waals surface area contributed by atoms with E-state index >= 15 is 0 Å². The molecule has 1 aliphatic rings. The minimum absolute atomic E-state index is 0.309. The third kappa shape index (κ3) is 3.33. The number of hydrogen-bond donors (Lipinski definition) is 1. The van der Waals surface area contributed by atoms with E-state index in [0.29, 0.717) is 17.3 Å². The van der Waals surface area contributed by atoms with Gasteiger partial charge in [-0.15, -0.1) is 0 Å². The fraction of sp³-hybridized carbons (Fsp3) is 0.786. The van der Waals surface area contributed by atoms with E-state index in [-0.39, 0.29) is 0 Å². The third-order valence-corrected chi connectivity index (χ3v) is 5.05. The Bertz CT molecular complexity index is 427. The molecule has 1 fully saturated rings. The van der Waals surface area contributed by atoms with Crippen molar-refractivity contribution in [2.45, 2.75) is 38.0 Å². The van der Waals surface area contributed by atoms with Crippen LogP contribution in [0.25, 0.3) is 0 Å². The van der Waals surface area contributed by atoms with Gasteiger partial charge in [0.15, 0.2) is 0 Å². The molecule has 2 heterocycles. The summed E-state index contributed by atoms with van der Waals surface area (Å²) in [6, 6.07) is 0.309. The van der Waals surface area contributed by atoms with E-state index in [9.17, 15) is 0 Å². The maximum atomic E-state index is 6.07. The molecule has 1 aliphatic heterocycles. The van der Waals surface area contributed by atoms with Gasteiger partial charge in [-0.25, -0.2) is 0 Å². The fourth-order valence-corrected chi connectivity index (χ4v) is 4.03. The van der Waals surface area contributed by atoms with E-state index in [1.54, 1.807) is 0 Å². The molecule has 0 bridgehead atoms. The third-order valence-electron chi connectivity index (χ3n) is 3.75. The second-order valence-corrected chi connectivity index (χ2v) is 7.69. The van der Waals surface area contributed by atoms with Crippen molar-refractivity contribution in [1.82, 2.24) is 14.7 Å². The predicted octanol–water partition coefficient (Wildman–Crippen LogP) is 1.81. The molecule has 0 aromatic carbocycles. The summed E-state index contributed by atoms with van der Waals surface area (Å²) in [4.78, 5) is 2.53. The Labute approximate surface area is 120 Å². The molecule has 0 radical (unpaired) electrons. The molecule has 2 N–H and O–H groups in total. The summed E-state index contributed by atoms with van der Waals surface area (Å²) in [7, 11) is 1.99. The molecule has 2 rings (SSSR count). The zero-order valence-electron chi connectivity index (χ0n) is 12.5. The number of aryl methyl sites for hydroxylation is 2. The van der Waals surface area contributed by atoms with Gasteiger partial charge < -0.3 is 5.73 Å². The summed E-state index contributed by atoms with van der Waals surface area (Å²) in [6.07, 6.45) is 3.11. The van der Waals surface area contributed by atoms with E-state index in [4.69, 9.17) is 5.73 Å². The maximum absolute atomic E-state index is 6.07. The summed E-state index contributed by atoms with van der Waals surface area (Å²) in [5.74, 6) is 1.19. The summed E-state index contributed by atoms with van der Waals surface area (Å²) in [5, 5.41) is 4.56. The Morgan fingerprint density at radius 3 is 2.84 bits per heavy atom. The molecule has 108 valence electrons. The lowest BCUT2D eigenvalue weighted by atomic mass is 10.0. The Kier molecular flexibility index (Phi) is 4.58. The molecular formula is C14H26N4S. The van der Waals surface area contributed by atoms with E-state index < -0.39 is 0 Å². The highest BCUT2D eigenvalue weighted by Crippen LogP contribution is 2.34. The molecule has 0 amide bonds. The lowest BCUT2D eigenvalue weighted by Gasteiger charge is -2.41. The number of nitrogens with zero attached hydrogens (tertiary/aromatic N) is 3. The number of nitrogens with two attached hydrogens (primary N) is 1. The lowest BCUT2D eigenvalue weighted by Crippen LogP contribution is -2.46. The second kappa shape index (κ2) is 5.85. The Morgan fingerprint density at radius 1 is 1.53 bits per heavy atom. The molecule has 0 aliphatic carbocycles. The monoisotopic (exact) mass is 282 g/mol. The van der Waals surface area contributed by atoms with Crippen LogP contribution in [-0.4, -0.2) is 44.8 Å². The first kappa shape index (κ1) is 14.9. The highest BCUT2D eigenvalue weighted by Gasteiger charge is 2.32. The smallest absolute Gasteiger partial charge is 0.0670 e. The highest BCUT2D eigenvalue weighted by molar-refractivity contribution is 8.00. The summed E-state index contributed by atoms with van der Waals surface area (Å²) >= 11 is 2.06. The van der Waals surface area contributed by atoms with Crippen LogP contribution < -0.4 is 5.73 Å². The van der Waals surface area contributed by atoms with Gasteiger partial charge in [-0.2, -0.15) is 16.9 Å². The first-order valence-electron chi connectivity index (χ1n) is 7.07. The quantitative estimate of drug-likeness (QED) is 0.915. The normalized spacial score (nSPS) is 21.5. The number of thioether (sulfide) groups is 1. The van der Waals surface area contributed by atoms with Crippen LogP contribution in [0.4, 0.5) is 0 Å². The van der Waals surface area contributed by atoms with Gasteiger partial charge in [-0.1, -0.05) is 6.92 Å². The van der Waals surface area contributed by atoms with Crippen molar-refractivity contribution in [1.29, 1.82) is 0 Å². The van der Waals surface area contributed by atoms with Crippen molar-refractivity contribution in [2.75, 3.05) is 25.4 Å². The minimum Gasteiger partial charge on any atom is -0.329 e. The minimum atomic E-state index is 0.309. The highest BCUT2D eigenvalue weighted by atomic mass is 32.2. The largest absolute Gasteiger partial charge is 0.329 e. The molecule has 19 heavy (non-hydrogen) atoms. The van der Waals surface area contributed by atoms with Crippen molar-refractivity contribution >= 4 is 11.8 Å². The van der Waals surface area contributed by atoms with Crippen LogP contribution in [0.3, 0.4) is 0 Å². The van der Waals surface area contributed by atoms with E-state index in [1.165, 1.54) is 17.0 Å². The number of hydrogen-bond acceptors (Lipinski definition) is 4. The molecule has 1 atom stereocenters. The van der Waals surface area contributed by atoms with Gasteiger partial charge in [0.25, 0.3) is 0 Å². The zero-order chi connectivity index (χ0) is 14.0. The van der Waals surface area contributed by atoms with Crippen molar-refractivity contribution in [3.8, 4) is 0 Å². The lowest BCUT2D eigenvalue weighted by molar-refractivity contribution is 0.191. The van der Waals surface area contributed by atoms with Gasteiger partial charge in [0.2, 0.25) is 0 Å². The maximum Gasteiger partial charge on any atom is 0.0670 e. The Hall–Kier alpha value is -0.520. The molecule has 0 spiro atoms. The Balaban J connectivity index is 2.23. The SMILES string of the molecule is CCc1nn(C)cc1C(CN)N1CCSC(C)(C)C1. The van der Waals surface area contributed by atoms with Crippen LogP contribution in [0.15, 0.2) is 6.20 Å². The van der Waals surface area contributed by atoms with Crippen LogP contribution in [-0.2, 0) is 13.5 Å². The number of aromatic nitrogens is 2.